The third-order valence-corrected chi connectivity index (χ3v) is 3.08. The highest BCUT2D eigenvalue weighted by Crippen LogP contribution is 2.12. The number of halogens is 1. The van der Waals surface area contributed by atoms with Crippen molar-refractivity contribution in [2.75, 3.05) is 11.9 Å². The molecule has 0 saturated carbocycles. The Kier molecular flexibility index (Phi) is 6.26. The first-order valence-corrected chi connectivity index (χ1v) is 7.07. The summed E-state index contributed by atoms with van der Waals surface area (Å²) in [5.41, 5.74) is 0.358. The van der Waals surface area contributed by atoms with Crippen molar-refractivity contribution in [3.05, 3.63) is 17.5 Å². The number of aryl methyl sites for hydroxylation is 1. The molecule has 1 unspecified atom stereocenters. The van der Waals surface area contributed by atoms with E-state index in [9.17, 15) is 4.79 Å². The maximum atomic E-state index is 11.7. The molecule has 0 saturated heterocycles. The van der Waals surface area contributed by atoms with Gasteiger partial charge in [0, 0.05) is 17.9 Å². The van der Waals surface area contributed by atoms with Crippen molar-refractivity contribution in [3.63, 3.8) is 0 Å². The number of hydrogen-bond donors (Lipinski definition) is 1. The third-order valence-electron chi connectivity index (χ3n) is 2.63. The van der Waals surface area contributed by atoms with E-state index in [0.717, 1.165) is 24.6 Å². The van der Waals surface area contributed by atoms with Gasteiger partial charge in [-0.1, -0.05) is 34.4 Å². The molecule has 1 N–H and O–H groups in total. The van der Waals surface area contributed by atoms with Gasteiger partial charge in [0.15, 0.2) is 5.69 Å². The Morgan fingerprint density at radius 3 is 2.88 bits per heavy atom. The lowest BCUT2D eigenvalue weighted by atomic mass is 10.0. The monoisotopic (exact) mass is 302 g/mol. The molecule has 1 aromatic heterocycles. The number of rotatable bonds is 7. The van der Waals surface area contributed by atoms with Crippen molar-refractivity contribution >= 4 is 21.8 Å². The van der Waals surface area contributed by atoms with E-state index in [-0.39, 0.29) is 5.91 Å². The number of nitrogens with one attached hydrogen (secondary N) is 1. The van der Waals surface area contributed by atoms with Crippen molar-refractivity contribution in [1.82, 2.24) is 10.5 Å². The van der Waals surface area contributed by atoms with Crippen LogP contribution in [0, 0.1) is 12.8 Å². The Morgan fingerprint density at radius 1 is 1.59 bits per heavy atom. The predicted molar refractivity (Wildman–Crippen MR) is 70.4 cm³/mol. The second-order valence-electron chi connectivity index (χ2n) is 4.17. The van der Waals surface area contributed by atoms with Gasteiger partial charge in [0.2, 0.25) is 0 Å². The Hall–Kier alpha value is -0.840. The molecule has 0 bridgehead atoms. The van der Waals surface area contributed by atoms with Crippen LogP contribution in [0.4, 0.5) is 0 Å². The van der Waals surface area contributed by atoms with Gasteiger partial charge in [-0.15, -0.1) is 0 Å². The number of nitrogens with zero attached hydrogens (tertiary/aromatic N) is 1. The number of carbonyl (C=O) groups is 1. The summed E-state index contributed by atoms with van der Waals surface area (Å²) in [5, 5.41) is 7.56. The molecular formula is C12H19BrN2O2. The summed E-state index contributed by atoms with van der Waals surface area (Å²) >= 11 is 3.44. The van der Waals surface area contributed by atoms with E-state index in [1.54, 1.807) is 13.0 Å². The second-order valence-corrected chi connectivity index (χ2v) is 4.96. The molecule has 0 radical (unpaired) electrons. The molecule has 0 aliphatic rings. The number of alkyl halides is 1. The molecule has 1 rings (SSSR count). The highest BCUT2D eigenvalue weighted by Gasteiger charge is 2.13. The average Bonchev–Trinajstić information content (AvgIpc) is 2.73. The lowest BCUT2D eigenvalue weighted by Gasteiger charge is -2.14. The minimum absolute atomic E-state index is 0.155. The highest BCUT2D eigenvalue weighted by molar-refractivity contribution is 9.09. The van der Waals surface area contributed by atoms with Crippen LogP contribution in [0.15, 0.2) is 10.6 Å². The Labute approximate surface area is 110 Å². The van der Waals surface area contributed by atoms with Crippen LogP contribution >= 0.6 is 15.9 Å². The minimum Gasteiger partial charge on any atom is -0.361 e. The molecule has 5 heteroatoms. The Morgan fingerprint density at radius 2 is 2.35 bits per heavy atom. The molecular weight excluding hydrogens is 284 g/mol. The summed E-state index contributed by atoms with van der Waals surface area (Å²) in [4.78, 5) is 11.7. The zero-order valence-corrected chi connectivity index (χ0v) is 11.9. The van der Waals surface area contributed by atoms with Crippen LogP contribution in [0.25, 0.3) is 0 Å². The maximum Gasteiger partial charge on any atom is 0.273 e. The fourth-order valence-electron chi connectivity index (χ4n) is 1.71. The quantitative estimate of drug-likeness (QED) is 0.788. The van der Waals surface area contributed by atoms with Crippen LogP contribution in [0.1, 0.15) is 42.4 Å². The van der Waals surface area contributed by atoms with E-state index in [1.165, 1.54) is 0 Å². The first-order valence-electron chi connectivity index (χ1n) is 5.94. The van der Waals surface area contributed by atoms with E-state index in [0.29, 0.717) is 23.9 Å². The van der Waals surface area contributed by atoms with E-state index in [4.69, 9.17) is 4.52 Å². The van der Waals surface area contributed by atoms with Gasteiger partial charge in [-0.2, -0.15) is 0 Å². The molecule has 0 aliphatic heterocycles. The van der Waals surface area contributed by atoms with Gasteiger partial charge in [0.05, 0.1) is 0 Å². The van der Waals surface area contributed by atoms with Crippen LogP contribution in [-0.2, 0) is 0 Å². The van der Waals surface area contributed by atoms with E-state index in [1.807, 2.05) is 0 Å². The van der Waals surface area contributed by atoms with Gasteiger partial charge >= 0.3 is 0 Å². The SMILES string of the molecule is CCCC(CCBr)CNC(=O)c1cc(C)on1. The zero-order valence-electron chi connectivity index (χ0n) is 10.3. The Bertz CT molecular complexity index is 346. The Balaban J connectivity index is 2.40. The summed E-state index contributed by atoms with van der Waals surface area (Å²) in [6.07, 6.45) is 3.34. The summed E-state index contributed by atoms with van der Waals surface area (Å²) in [7, 11) is 0. The molecule has 1 aromatic rings. The van der Waals surface area contributed by atoms with Gasteiger partial charge in [0.1, 0.15) is 5.76 Å². The predicted octanol–water partition coefficient (Wildman–Crippen LogP) is 2.91. The van der Waals surface area contributed by atoms with Crippen LogP contribution in [-0.4, -0.2) is 22.9 Å². The van der Waals surface area contributed by atoms with Gasteiger partial charge in [-0.25, -0.2) is 0 Å². The standard InChI is InChI=1S/C12H19BrN2O2/c1-3-4-10(5-6-13)8-14-12(16)11-7-9(2)17-15-11/h7,10H,3-6,8H2,1-2H3,(H,14,16). The van der Waals surface area contributed by atoms with Gasteiger partial charge < -0.3 is 9.84 Å². The smallest absolute Gasteiger partial charge is 0.273 e. The third kappa shape index (κ3) is 4.89. The molecule has 17 heavy (non-hydrogen) atoms. The highest BCUT2D eigenvalue weighted by atomic mass is 79.9. The van der Waals surface area contributed by atoms with E-state index in [2.05, 4.69) is 33.3 Å². The molecule has 1 heterocycles. The number of hydrogen-bond acceptors (Lipinski definition) is 3. The molecule has 4 nitrogen and oxygen atoms in total. The normalized spacial score (nSPS) is 12.4. The van der Waals surface area contributed by atoms with Crippen molar-refractivity contribution in [1.29, 1.82) is 0 Å². The zero-order chi connectivity index (χ0) is 12.7. The van der Waals surface area contributed by atoms with Crippen LogP contribution in [0.2, 0.25) is 0 Å². The van der Waals surface area contributed by atoms with Crippen molar-refractivity contribution < 1.29 is 9.32 Å². The van der Waals surface area contributed by atoms with Gasteiger partial charge in [-0.3, -0.25) is 4.79 Å². The minimum atomic E-state index is -0.155. The largest absolute Gasteiger partial charge is 0.361 e. The number of aromatic nitrogens is 1. The molecule has 0 aliphatic carbocycles. The van der Waals surface area contributed by atoms with Crippen LogP contribution in [0.3, 0.4) is 0 Å². The molecule has 0 spiro atoms. The lowest BCUT2D eigenvalue weighted by Crippen LogP contribution is -2.29. The van der Waals surface area contributed by atoms with E-state index >= 15 is 0 Å². The van der Waals surface area contributed by atoms with Crippen LogP contribution < -0.4 is 5.32 Å². The molecule has 0 aromatic carbocycles. The average molecular weight is 303 g/mol. The number of amides is 1. The number of carbonyl (C=O) groups excluding carboxylic acids is 1. The van der Waals surface area contributed by atoms with Crippen molar-refractivity contribution in [3.8, 4) is 0 Å². The van der Waals surface area contributed by atoms with Crippen LogP contribution in [0.5, 0.6) is 0 Å². The topological polar surface area (TPSA) is 55.1 Å². The van der Waals surface area contributed by atoms with E-state index < -0.39 is 0 Å². The maximum absolute atomic E-state index is 11.7. The van der Waals surface area contributed by atoms with Gasteiger partial charge in [-0.05, 0) is 25.7 Å². The summed E-state index contributed by atoms with van der Waals surface area (Å²) < 4.78 is 4.87. The first kappa shape index (κ1) is 14.2. The molecule has 96 valence electrons. The summed E-state index contributed by atoms with van der Waals surface area (Å²) in [5.74, 6) is 1.02. The molecule has 1 atom stereocenters. The van der Waals surface area contributed by atoms with Crippen molar-refractivity contribution in [2.45, 2.75) is 33.1 Å². The lowest BCUT2D eigenvalue weighted by molar-refractivity contribution is 0.0937. The first-order chi connectivity index (χ1) is 8.17. The van der Waals surface area contributed by atoms with Crippen molar-refractivity contribution in [2.24, 2.45) is 5.92 Å². The fraction of sp³-hybridized carbons (Fsp3) is 0.667. The van der Waals surface area contributed by atoms with Gasteiger partial charge in [0.25, 0.3) is 5.91 Å². The fourth-order valence-corrected chi connectivity index (χ4v) is 2.36. The second kappa shape index (κ2) is 7.48. The molecule has 0 fully saturated rings. The summed E-state index contributed by atoms with van der Waals surface area (Å²) in [6.45, 7) is 4.63. The molecule has 1 amide bonds. The summed E-state index contributed by atoms with van der Waals surface area (Å²) in [6, 6.07) is 1.65.